The summed E-state index contributed by atoms with van der Waals surface area (Å²) in [6, 6.07) is 7.71. The molecule has 0 spiro atoms. The van der Waals surface area contributed by atoms with Crippen molar-refractivity contribution in [1.29, 1.82) is 0 Å². The standard InChI is InChI=1S/C14H15N3O2/c1-8-13(19-7-16-8)14(18)17-11-6-9-4-2-3-5-10(9)12(11)15/h2-5,7,11-12H,6,15H2,1H3,(H,17,18)/t11-,12-/m1/s1. The van der Waals surface area contributed by atoms with Crippen LogP contribution in [0.2, 0.25) is 0 Å². The number of hydrogen-bond donors (Lipinski definition) is 2. The molecule has 1 heterocycles. The molecular formula is C14H15N3O2. The molecular weight excluding hydrogens is 242 g/mol. The number of aryl methyl sites for hydroxylation is 1. The van der Waals surface area contributed by atoms with Crippen LogP contribution in [0.5, 0.6) is 0 Å². The van der Waals surface area contributed by atoms with Crippen molar-refractivity contribution >= 4 is 5.91 Å². The maximum absolute atomic E-state index is 12.1. The van der Waals surface area contributed by atoms with Crippen molar-refractivity contribution in [3.05, 3.63) is 53.2 Å². The minimum atomic E-state index is -0.261. The Morgan fingerprint density at radius 2 is 2.26 bits per heavy atom. The number of hydrogen-bond acceptors (Lipinski definition) is 4. The first-order chi connectivity index (χ1) is 9.16. The van der Waals surface area contributed by atoms with Crippen molar-refractivity contribution in [3.63, 3.8) is 0 Å². The lowest BCUT2D eigenvalue weighted by atomic mass is 10.1. The fraction of sp³-hybridized carbons (Fsp3) is 0.286. The van der Waals surface area contributed by atoms with Crippen molar-refractivity contribution in [3.8, 4) is 0 Å². The average molecular weight is 257 g/mol. The van der Waals surface area contributed by atoms with Gasteiger partial charge in [0.1, 0.15) is 0 Å². The summed E-state index contributed by atoms with van der Waals surface area (Å²) in [6.45, 7) is 1.74. The Kier molecular flexibility index (Phi) is 2.83. The topological polar surface area (TPSA) is 81.2 Å². The van der Waals surface area contributed by atoms with Gasteiger partial charge in [-0.15, -0.1) is 0 Å². The van der Waals surface area contributed by atoms with E-state index in [2.05, 4.69) is 10.3 Å². The lowest BCUT2D eigenvalue weighted by molar-refractivity contribution is 0.0904. The predicted octanol–water partition coefficient (Wildman–Crippen LogP) is 1.34. The highest BCUT2D eigenvalue weighted by Gasteiger charge is 2.31. The van der Waals surface area contributed by atoms with Crippen LogP contribution in [0.15, 0.2) is 35.1 Å². The van der Waals surface area contributed by atoms with Gasteiger partial charge in [0.15, 0.2) is 6.39 Å². The predicted molar refractivity (Wildman–Crippen MR) is 69.6 cm³/mol. The molecule has 0 saturated carbocycles. The van der Waals surface area contributed by atoms with Crippen molar-refractivity contribution in [2.75, 3.05) is 0 Å². The highest BCUT2D eigenvalue weighted by Crippen LogP contribution is 2.29. The molecule has 1 amide bonds. The third-order valence-electron chi connectivity index (χ3n) is 3.56. The van der Waals surface area contributed by atoms with Crippen molar-refractivity contribution in [1.82, 2.24) is 10.3 Å². The van der Waals surface area contributed by atoms with E-state index in [1.54, 1.807) is 6.92 Å². The van der Waals surface area contributed by atoms with Crippen LogP contribution in [0.4, 0.5) is 0 Å². The molecule has 19 heavy (non-hydrogen) atoms. The number of benzene rings is 1. The zero-order valence-corrected chi connectivity index (χ0v) is 10.6. The fourth-order valence-corrected chi connectivity index (χ4v) is 2.52. The van der Waals surface area contributed by atoms with Crippen LogP contribution >= 0.6 is 0 Å². The number of nitrogens with one attached hydrogen (secondary N) is 1. The van der Waals surface area contributed by atoms with Crippen molar-refractivity contribution < 1.29 is 9.21 Å². The van der Waals surface area contributed by atoms with Crippen LogP contribution in [-0.4, -0.2) is 16.9 Å². The van der Waals surface area contributed by atoms with Crippen LogP contribution in [-0.2, 0) is 6.42 Å². The van der Waals surface area contributed by atoms with Gasteiger partial charge in [0.25, 0.3) is 5.91 Å². The molecule has 1 aliphatic rings. The number of fused-ring (bicyclic) bond motifs is 1. The van der Waals surface area contributed by atoms with E-state index in [0.717, 1.165) is 12.0 Å². The Morgan fingerprint density at radius 3 is 2.95 bits per heavy atom. The van der Waals surface area contributed by atoms with Crippen molar-refractivity contribution in [2.24, 2.45) is 5.73 Å². The lowest BCUT2D eigenvalue weighted by Crippen LogP contribution is -2.40. The van der Waals surface area contributed by atoms with Crippen LogP contribution in [0.25, 0.3) is 0 Å². The van der Waals surface area contributed by atoms with Gasteiger partial charge in [-0.25, -0.2) is 4.98 Å². The van der Waals surface area contributed by atoms with E-state index in [9.17, 15) is 4.79 Å². The molecule has 1 aromatic carbocycles. The molecule has 3 rings (SSSR count). The van der Waals surface area contributed by atoms with E-state index in [-0.39, 0.29) is 23.8 Å². The normalized spacial score (nSPS) is 21.2. The van der Waals surface area contributed by atoms with E-state index in [1.165, 1.54) is 12.0 Å². The molecule has 1 aromatic heterocycles. The van der Waals surface area contributed by atoms with E-state index in [1.807, 2.05) is 24.3 Å². The second-order valence-corrected chi connectivity index (χ2v) is 4.78. The molecule has 0 radical (unpaired) electrons. The summed E-state index contributed by atoms with van der Waals surface area (Å²) < 4.78 is 5.08. The molecule has 0 bridgehead atoms. The molecule has 2 atom stereocenters. The smallest absolute Gasteiger partial charge is 0.289 e. The Balaban J connectivity index is 1.77. The summed E-state index contributed by atoms with van der Waals surface area (Å²) in [4.78, 5) is 16.0. The number of carbonyl (C=O) groups excluding carboxylic acids is 1. The first kappa shape index (κ1) is 11.9. The molecule has 5 heteroatoms. The van der Waals surface area contributed by atoms with Gasteiger partial charge in [-0.05, 0) is 24.5 Å². The second-order valence-electron chi connectivity index (χ2n) is 4.78. The first-order valence-electron chi connectivity index (χ1n) is 6.21. The maximum atomic E-state index is 12.1. The number of carbonyl (C=O) groups is 1. The number of amides is 1. The van der Waals surface area contributed by atoms with Gasteiger partial charge in [0.2, 0.25) is 5.76 Å². The van der Waals surface area contributed by atoms with E-state index in [4.69, 9.17) is 10.2 Å². The first-order valence-corrected chi connectivity index (χ1v) is 6.21. The molecule has 0 fully saturated rings. The Hall–Kier alpha value is -2.14. The molecule has 1 aliphatic carbocycles. The Labute approximate surface area is 110 Å². The van der Waals surface area contributed by atoms with Gasteiger partial charge < -0.3 is 15.5 Å². The summed E-state index contributed by atoms with van der Waals surface area (Å²) >= 11 is 0. The summed E-state index contributed by atoms with van der Waals surface area (Å²) in [5, 5.41) is 2.92. The maximum Gasteiger partial charge on any atom is 0.289 e. The minimum absolute atomic E-state index is 0.102. The molecule has 2 aromatic rings. The number of nitrogens with zero attached hydrogens (tertiary/aromatic N) is 1. The third kappa shape index (κ3) is 2.02. The molecule has 0 unspecified atom stereocenters. The van der Waals surface area contributed by atoms with Gasteiger partial charge in [-0.2, -0.15) is 0 Å². The van der Waals surface area contributed by atoms with Crippen LogP contribution in [0, 0.1) is 6.92 Å². The van der Waals surface area contributed by atoms with E-state index < -0.39 is 0 Å². The number of nitrogens with two attached hydrogens (primary N) is 1. The highest BCUT2D eigenvalue weighted by molar-refractivity contribution is 5.92. The Bertz CT molecular complexity index is 621. The molecule has 5 nitrogen and oxygen atoms in total. The largest absolute Gasteiger partial charge is 0.438 e. The lowest BCUT2D eigenvalue weighted by Gasteiger charge is -2.17. The minimum Gasteiger partial charge on any atom is -0.438 e. The summed E-state index contributed by atoms with van der Waals surface area (Å²) in [7, 11) is 0. The summed E-state index contributed by atoms with van der Waals surface area (Å²) in [5.41, 5.74) is 9.04. The zero-order valence-electron chi connectivity index (χ0n) is 10.6. The SMILES string of the molecule is Cc1ncoc1C(=O)N[C@@H]1Cc2ccccc2[C@H]1N. The van der Waals surface area contributed by atoms with Crippen molar-refractivity contribution in [2.45, 2.75) is 25.4 Å². The molecule has 0 saturated heterocycles. The molecule has 98 valence electrons. The average Bonchev–Trinajstić information content (AvgIpc) is 2.95. The van der Waals surface area contributed by atoms with E-state index >= 15 is 0 Å². The number of oxazole rings is 1. The van der Waals surface area contributed by atoms with Crippen LogP contribution < -0.4 is 11.1 Å². The van der Waals surface area contributed by atoms with Gasteiger partial charge in [0, 0.05) is 0 Å². The summed E-state index contributed by atoms with van der Waals surface area (Å²) in [5.74, 6) is -0.00795. The third-order valence-corrected chi connectivity index (χ3v) is 3.56. The van der Waals surface area contributed by atoms with Crippen LogP contribution in [0.1, 0.15) is 33.4 Å². The number of rotatable bonds is 2. The van der Waals surface area contributed by atoms with E-state index in [0.29, 0.717) is 5.69 Å². The second kappa shape index (κ2) is 4.51. The monoisotopic (exact) mass is 257 g/mol. The van der Waals surface area contributed by atoms with Gasteiger partial charge in [-0.1, -0.05) is 24.3 Å². The van der Waals surface area contributed by atoms with Crippen LogP contribution in [0.3, 0.4) is 0 Å². The van der Waals surface area contributed by atoms with Gasteiger partial charge in [-0.3, -0.25) is 4.79 Å². The van der Waals surface area contributed by atoms with Gasteiger partial charge >= 0.3 is 0 Å². The highest BCUT2D eigenvalue weighted by atomic mass is 16.3. The zero-order chi connectivity index (χ0) is 13.4. The van der Waals surface area contributed by atoms with Gasteiger partial charge in [0.05, 0.1) is 17.8 Å². The Morgan fingerprint density at radius 1 is 1.47 bits per heavy atom. The number of aromatic nitrogens is 1. The fourth-order valence-electron chi connectivity index (χ4n) is 2.52. The quantitative estimate of drug-likeness (QED) is 0.850. The molecule has 3 N–H and O–H groups in total. The summed E-state index contributed by atoms with van der Waals surface area (Å²) in [6.07, 6.45) is 2.02. The molecule has 0 aliphatic heterocycles.